The van der Waals surface area contributed by atoms with Gasteiger partial charge in [-0.3, -0.25) is 9.36 Å². The highest BCUT2D eigenvalue weighted by molar-refractivity contribution is 14.1. The summed E-state index contributed by atoms with van der Waals surface area (Å²) in [5, 5.41) is 0.890. The van der Waals surface area contributed by atoms with Gasteiger partial charge in [-0.2, -0.15) is 13.2 Å². The molecule has 7 nitrogen and oxygen atoms in total. The summed E-state index contributed by atoms with van der Waals surface area (Å²) in [6, 6.07) is 14.9. The monoisotopic (exact) mass is 788 g/mol. The van der Waals surface area contributed by atoms with Crippen molar-refractivity contribution in [2.75, 3.05) is 13.7 Å². The normalized spacial score (nSPS) is 15.0. The van der Waals surface area contributed by atoms with Crippen LogP contribution < -0.4 is 24.4 Å². The van der Waals surface area contributed by atoms with E-state index in [2.05, 4.69) is 27.6 Å². The van der Waals surface area contributed by atoms with E-state index in [1.165, 1.54) is 44.4 Å². The van der Waals surface area contributed by atoms with E-state index in [1.54, 1.807) is 36.4 Å². The highest BCUT2D eigenvalue weighted by atomic mass is 127. The van der Waals surface area contributed by atoms with Crippen molar-refractivity contribution in [3.05, 3.63) is 122 Å². The lowest BCUT2D eigenvalue weighted by atomic mass is 9.95. The highest BCUT2D eigenvalue weighted by Gasteiger charge is 2.45. The van der Waals surface area contributed by atoms with Gasteiger partial charge < -0.3 is 14.2 Å². The smallest absolute Gasteiger partial charge is 0.434 e. The molecule has 5 rings (SSSR count). The Bertz CT molecular complexity index is 1970. The van der Waals surface area contributed by atoms with Crippen LogP contribution in [-0.2, 0) is 16.1 Å². The van der Waals surface area contributed by atoms with Crippen LogP contribution in [0.25, 0.3) is 6.08 Å². The van der Waals surface area contributed by atoms with Crippen LogP contribution in [-0.4, -0.2) is 30.4 Å². The van der Waals surface area contributed by atoms with Gasteiger partial charge in [-0.1, -0.05) is 58.8 Å². The SMILES string of the molecule is CCOC(=O)C1=C(C(F)(F)F)N=c2s/c(=C\c3cc(I)cc(OC)c3OCc3ccc(Cl)cc3)c(=O)n2[C@@H]1c1ccc(Cl)cc1. The first-order valence-electron chi connectivity index (χ1n) is 13.2. The molecule has 2 heterocycles. The van der Waals surface area contributed by atoms with Crippen LogP contribution in [0.1, 0.15) is 29.7 Å². The zero-order valence-electron chi connectivity index (χ0n) is 23.5. The molecule has 234 valence electrons. The van der Waals surface area contributed by atoms with Crippen LogP contribution in [0.15, 0.2) is 81.7 Å². The lowest BCUT2D eigenvalue weighted by Gasteiger charge is -2.26. The maximum absolute atomic E-state index is 14.4. The molecule has 3 aromatic carbocycles. The van der Waals surface area contributed by atoms with Crippen LogP contribution in [0.4, 0.5) is 13.2 Å². The summed E-state index contributed by atoms with van der Waals surface area (Å²) in [5.41, 5.74) is -1.41. The van der Waals surface area contributed by atoms with Gasteiger partial charge in [-0.25, -0.2) is 9.79 Å². The Balaban J connectivity index is 1.72. The zero-order valence-corrected chi connectivity index (χ0v) is 27.9. The van der Waals surface area contributed by atoms with Gasteiger partial charge in [-0.05, 0) is 83.1 Å². The molecule has 0 spiro atoms. The quantitative estimate of drug-likeness (QED) is 0.145. The van der Waals surface area contributed by atoms with Crippen molar-refractivity contribution in [3.8, 4) is 11.5 Å². The van der Waals surface area contributed by atoms with E-state index in [0.717, 1.165) is 25.0 Å². The number of hydrogen-bond donors (Lipinski definition) is 0. The number of esters is 1. The van der Waals surface area contributed by atoms with Crippen molar-refractivity contribution < 1.29 is 32.2 Å². The molecule has 14 heteroatoms. The Morgan fingerprint density at radius 2 is 1.73 bits per heavy atom. The molecular formula is C31H22Cl2F3IN2O5S. The minimum absolute atomic E-state index is 0.0553. The Labute approximate surface area is 282 Å². The predicted octanol–water partition coefficient (Wildman–Crippen LogP) is 6.84. The second-order valence-corrected chi connectivity index (χ2v) is 12.7. The number of methoxy groups -OCH3 is 1. The van der Waals surface area contributed by atoms with Crippen molar-refractivity contribution >= 4 is 69.2 Å². The third-order valence-corrected chi connectivity index (χ3v) is 8.74. The molecule has 0 unspecified atom stereocenters. The number of hydrogen-bond acceptors (Lipinski definition) is 7. The van der Waals surface area contributed by atoms with Crippen molar-refractivity contribution in [1.82, 2.24) is 4.57 Å². The molecule has 1 aliphatic heterocycles. The third-order valence-electron chi connectivity index (χ3n) is 6.63. The van der Waals surface area contributed by atoms with Crippen LogP contribution in [0, 0.1) is 3.57 Å². The second-order valence-electron chi connectivity index (χ2n) is 9.56. The van der Waals surface area contributed by atoms with Gasteiger partial charge >= 0.3 is 12.1 Å². The number of carbonyl (C=O) groups excluding carboxylic acids is 1. The van der Waals surface area contributed by atoms with Crippen molar-refractivity contribution in [3.63, 3.8) is 0 Å². The van der Waals surface area contributed by atoms with Crippen LogP contribution >= 0.6 is 57.1 Å². The molecule has 0 fully saturated rings. The number of aromatic nitrogens is 1. The van der Waals surface area contributed by atoms with Crippen molar-refractivity contribution in [1.29, 1.82) is 0 Å². The summed E-state index contributed by atoms with van der Waals surface area (Å²) in [5.74, 6) is -0.530. The molecular weight excluding hydrogens is 767 g/mol. The number of carbonyl (C=O) groups is 1. The molecule has 1 aromatic heterocycles. The molecule has 1 aliphatic rings. The first-order valence-corrected chi connectivity index (χ1v) is 15.9. The number of alkyl halides is 3. The number of ether oxygens (including phenoxy) is 3. The average Bonchev–Trinajstić information content (AvgIpc) is 3.30. The van der Waals surface area contributed by atoms with Crippen molar-refractivity contribution in [2.24, 2.45) is 4.99 Å². The standard InChI is InChI=1S/C31H22Cl2F3IN2O5S/c1-3-43-29(41)24-25(17-6-10-20(33)11-7-17)39-28(40)23(45-30(39)38-27(24)31(34,35)36)13-18-12-21(37)14-22(42-2)26(18)44-15-16-4-8-19(32)9-5-16/h4-14,25H,3,15H2,1-2H3/b23-13-/t25-/m1/s1. The van der Waals surface area contributed by atoms with Gasteiger partial charge in [0.2, 0.25) is 0 Å². The number of nitrogens with zero attached hydrogens (tertiary/aromatic N) is 2. The molecule has 0 saturated carbocycles. The van der Waals surface area contributed by atoms with E-state index in [4.69, 9.17) is 37.4 Å². The summed E-state index contributed by atoms with van der Waals surface area (Å²) in [6.07, 6.45) is -3.51. The van der Waals surface area contributed by atoms with Crippen LogP contribution in [0.5, 0.6) is 11.5 Å². The maximum atomic E-state index is 14.4. The Morgan fingerprint density at radius 3 is 2.33 bits per heavy atom. The summed E-state index contributed by atoms with van der Waals surface area (Å²) in [4.78, 5) is 30.6. The fourth-order valence-corrected chi connectivity index (χ4v) is 6.54. The number of halogens is 6. The number of benzene rings is 3. The van der Waals surface area contributed by atoms with Crippen LogP contribution in [0.3, 0.4) is 0 Å². The van der Waals surface area contributed by atoms with Crippen LogP contribution in [0.2, 0.25) is 10.0 Å². The van der Waals surface area contributed by atoms with E-state index < -0.39 is 35.0 Å². The highest BCUT2D eigenvalue weighted by Crippen LogP contribution is 2.39. The van der Waals surface area contributed by atoms with E-state index in [9.17, 15) is 22.8 Å². The zero-order chi connectivity index (χ0) is 32.5. The molecule has 0 amide bonds. The minimum Gasteiger partial charge on any atom is -0.493 e. The number of rotatable bonds is 8. The fraction of sp³-hybridized carbons (Fsp3) is 0.194. The number of thiazole rings is 1. The second kappa shape index (κ2) is 13.6. The number of allylic oxidation sites excluding steroid dienone is 1. The van der Waals surface area contributed by atoms with E-state index in [1.807, 2.05) is 0 Å². The van der Waals surface area contributed by atoms with Gasteiger partial charge in [0.05, 0.1) is 29.9 Å². The molecule has 4 aromatic rings. The molecule has 0 radical (unpaired) electrons. The Kier molecular flexibility index (Phi) is 9.97. The number of fused-ring (bicyclic) bond motifs is 1. The van der Waals surface area contributed by atoms with Gasteiger partial charge in [0.15, 0.2) is 22.0 Å². The lowest BCUT2D eigenvalue weighted by Crippen LogP contribution is -2.41. The summed E-state index contributed by atoms with van der Waals surface area (Å²) < 4.78 is 61.8. The summed E-state index contributed by atoms with van der Waals surface area (Å²) in [7, 11) is 1.47. The summed E-state index contributed by atoms with van der Waals surface area (Å²) in [6.45, 7) is 1.43. The third kappa shape index (κ3) is 7.08. The van der Waals surface area contributed by atoms with E-state index in [-0.39, 0.29) is 28.1 Å². The van der Waals surface area contributed by atoms with Gasteiger partial charge in [0, 0.05) is 19.2 Å². The maximum Gasteiger partial charge on any atom is 0.434 e. The Hall–Kier alpha value is -3.33. The van der Waals surface area contributed by atoms with Gasteiger partial charge in [0.1, 0.15) is 6.61 Å². The Morgan fingerprint density at radius 1 is 1.09 bits per heavy atom. The average molecular weight is 789 g/mol. The molecule has 0 aliphatic carbocycles. The predicted molar refractivity (Wildman–Crippen MR) is 174 cm³/mol. The van der Waals surface area contributed by atoms with E-state index >= 15 is 0 Å². The topological polar surface area (TPSA) is 79.1 Å². The molecule has 0 bridgehead atoms. The first kappa shape index (κ1) is 33.0. The summed E-state index contributed by atoms with van der Waals surface area (Å²) >= 11 is 14.9. The molecule has 45 heavy (non-hydrogen) atoms. The van der Waals surface area contributed by atoms with E-state index in [0.29, 0.717) is 27.1 Å². The minimum atomic E-state index is -5.02. The first-order chi connectivity index (χ1) is 21.4. The van der Waals surface area contributed by atoms with Gasteiger partial charge in [-0.15, -0.1) is 0 Å². The van der Waals surface area contributed by atoms with Gasteiger partial charge in [0.25, 0.3) is 5.56 Å². The largest absolute Gasteiger partial charge is 0.493 e. The molecule has 0 N–H and O–H groups in total. The molecule has 0 saturated heterocycles. The van der Waals surface area contributed by atoms with Crippen molar-refractivity contribution in [2.45, 2.75) is 25.7 Å². The lowest BCUT2D eigenvalue weighted by molar-refractivity contribution is -0.140. The molecule has 1 atom stereocenters. The fourth-order valence-electron chi connectivity index (χ4n) is 4.68.